The molecule has 0 aromatic heterocycles. The molecule has 0 bridgehead atoms. The highest BCUT2D eigenvalue weighted by Crippen LogP contribution is 2.23. The predicted octanol–water partition coefficient (Wildman–Crippen LogP) is 3.49. The highest BCUT2D eigenvalue weighted by molar-refractivity contribution is 8.00. The third-order valence-electron chi connectivity index (χ3n) is 3.62. The van der Waals surface area contributed by atoms with Gasteiger partial charge in [0.2, 0.25) is 5.91 Å². The van der Waals surface area contributed by atoms with E-state index in [1.54, 1.807) is 13.2 Å². The lowest BCUT2D eigenvalue weighted by Gasteiger charge is -2.14. The van der Waals surface area contributed by atoms with Gasteiger partial charge in [0.05, 0.1) is 17.9 Å². The Labute approximate surface area is 158 Å². The summed E-state index contributed by atoms with van der Waals surface area (Å²) in [5.74, 6) is -0.0513. The Kier molecular flexibility index (Phi) is 7.69. The van der Waals surface area contributed by atoms with E-state index in [1.807, 2.05) is 56.3 Å². The summed E-state index contributed by atoms with van der Waals surface area (Å²) in [5, 5.41) is 5.75. The minimum absolute atomic E-state index is 0.0876. The summed E-state index contributed by atoms with van der Waals surface area (Å²) in [6.45, 7) is 4.32. The van der Waals surface area contributed by atoms with Crippen LogP contribution in [0.2, 0.25) is 0 Å². The monoisotopic (exact) mass is 372 g/mol. The van der Waals surface area contributed by atoms with Crippen LogP contribution in [0.4, 0.5) is 5.69 Å². The number of carbonyl (C=O) groups excluding carboxylic acids is 2. The molecule has 0 saturated heterocycles. The molecule has 0 radical (unpaired) electrons. The topological polar surface area (TPSA) is 67.4 Å². The van der Waals surface area contributed by atoms with Gasteiger partial charge in [0.15, 0.2) is 0 Å². The molecule has 5 nitrogen and oxygen atoms in total. The van der Waals surface area contributed by atoms with Crippen molar-refractivity contribution in [1.29, 1.82) is 0 Å². The summed E-state index contributed by atoms with van der Waals surface area (Å²) in [7, 11) is 1.60. The molecule has 0 aliphatic carbocycles. The molecule has 2 aromatic carbocycles. The Bertz CT molecular complexity index is 747. The standard InChI is InChI=1S/C20H24N2O3S/c1-14-8-10-16(11-9-14)22-19(23)13-26-18-7-5-4-6-17(18)20(24)21-15(2)12-25-3/h4-11,15H,12-13H2,1-3H3,(H,21,24)(H,22,23). The Morgan fingerprint density at radius 3 is 2.50 bits per heavy atom. The molecule has 0 aliphatic heterocycles. The maximum atomic E-state index is 12.4. The van der Waals surface area contributed by atoms with E-state index in [0.717, 1.165) is 16.1 Å². The minimum Gasteiger partial charge on any atom is -0.383 e. The van der Waals surface area contributed by atoms with E-state index in [-0.39, 0.29) is 23.6 Å². The molecule has 138 valence electrons. The Balaban J connectivity index is 1.95. The van der Waals surface area contributed by atoms with Crippen LogP contribution in [0, 0.1) is 6.92 Å². The Morgan fingerprint density at radius 1 is 1.12 bits per heavy atom. The molecule has 26 heavy (non-hydrogen) atoms. The molecule has 2 amide bonds. The lowest BCUT2D eigenvalue weighted by Crippen LogP contribution is -2.35. The average Bonchev–Trinajstić information content (AvgIpc) is 2.62. The second-order valence-electron chi connectivity index (χ2n) is 6.03. The number of amides is 2. The van der Waals surface area contributed by atoms with Crippen molar-refractivity contribution in [2.75, 3.05) is 24.8 Å². The summed E-state index contributed by atoms with van der Waals surface area (Å²) in [5.41, 5.74) is 2.46. The number of benzene rings is 2. The molecule has 2 rings (SSSR count). The highest BCUT2D eigenvalue weighted by atomic mass is 32.2. The van der Waals surface area contributed by atoms with Crippen molar-refractivity contribution in [2.45, 2.75) is 24.8 Å². The van der Waals surface area contributed by atoms with Gasteiger partial charge in [0.25, 0.3) is 5.91 Å². The van der Waals surface area contributed by atoms with E-state index in [1.165, 1.54) is 11.8 Å². The summed E-state index contributed by atoms with van der Waals surface area (Å²) >= 11 is 1.34. The van der Waals surface area contributed by atoms with Gasteiger partial charge in [0.1, 0.15) is 0 Å². The zero-order chi connectivity index (χ0) is 18.9. The number of methoxy groups -OCH3 is 1. The summed E-state index contributed by atoms with van der Waals surface area (Å²) in [6.07, 6.45) is 0. The summed E-state index contributed by atoms with van der Waals surface area (Å²) < 4.78 is 5.04. The molecular weight excluding hydrogens is 348 g/mol. The molecule has 6 heteroatoms. The maximum Gasteiger partial charge on any atom is 0.252 e. The molecule has 1 unspecified atom stereocenters. The van der Waals surface area contributed by atoms with Crippen LogP contribution in [0.1, 0.15) is 22.8 Å². The minimum atomic E-state index is -0.170. The Morgan fingerprint density at radius 2 is 1.81 bits per heavy atom. The van der Waals surface area contributed by atoms with Crippen LogP contribution in [-0.2, 0) is 9.53 Å². The van der Waals surface area contributed by atoms with Crippen molar-refractivity contribution in [3.63, 3.8) is 0 Å². The molecule has 0 fully saturated rings. The maximum absolute atomic E-state index is 12.4. The van der Waals surface area contributed by atoms with Crippen LogP contribution >= 0.6 is 11.8 Å². The van der Waals surface area contributed by atoms with Crippen LogP contribution < -0.4 is 10.6 Å². The molecule has 0 heterocycles. The number of anilines is 1. The number of thioether (sulfide) groups is 1. The number of hydrogen-bond donors (Lipinski definition) is 2. The third-order valence-corrected chi connectivity index (χ3v) is 4.69. The smallest absolute Gasteiger partial charge is 0.252 e. The predicted molar refractivity (Wildman–Crippen MR) is 106 cm³/mol. The van der Waals surface area contributed by atoms with E-state index in [0.29, 0.717) is 12.2 Å². The van der Waals surface area contributed by atoms with Crippen LogP contribution in [-0.4, -0.2) is 37.3 Å². The van der Waals surface area contributed by atoms with Gasteiger partial charge in [-0.3, -0.25) is 9.59 Å². The zero-order valence-electron chi connectivity index (χ0n) is 15.2. The first-order valence-electron chi connectivity index (χ1n) is 8.37. The fourth-order valence-electron chi connectivity index (χ4n) is 2.35. The molecule has 0 aliphatic rings. The fraction of sp³-hybridized carbons (Fsp3) is 0.300. The van der Waals surface area contributed by atoms with Crippen molar-refractivity contribution in [3.05, 3.63) is 59.7 Å². The van der Waals surface area contributed by atoms with Crippen molar-refractivity contribution in [1.82, 2.24) is 5.32 Å². The van der Waals surface area contributed by atoms with Gasteiger partial charge in [0, 0.05) is 23.7 Å². The lowest BCUT2D eigenvalue weighted by atomic mass is 10.2. The highest BCUT2D eigenvalue weighted by Gasteiger charge is 2.15. The van der Waals surface area contributed by atoms with E-state index < -0.39 is 0 Å². The quantitative estimate of drug-likeness (QED) is 0.696. The van der Waals surface area contributed by atoms with Gasteiger partial charge in [-0.1, -0.05) is 29.8 Å². The van der Waals surface area contributed by atoms with Crippen molar-refractivity contribution < 1.29 is 14.3 Å². The average molecular weight is 372 g/mol. The fourth-order valence-corrected chi connectivity index (χ4v) is 3.20. The van der Waals surface area contributed by atoms with E-state index in [9.17, 15) is 9.59 Å². The third kappa shape index (κ3) is 6.20. The van der Waals surface area contributed by atoms with Crippen LogP contribution in [0.5, 0.6) is 0 Å². The number of aryl methyl sites for hydroxylation is 1. The first-order valence-corrected chi connectivity index (χ1v) is 9.36. The van der Waals surface area contributed by atoms with Gasteiger partial charge < -0.3 is 15.4 Å². The van der Waals surface area contributed by atoms with Crippen molar-refractivity contribution >= 4 is 29.3 Å². The van der Waals surface area contributed by atoms with Gasteiger partial charge in [-0.05, 0) is 38.1 Å². The normalized spacial score (nSPS) is 11.7. The summed E-state index contributed by atoms with van der Waals surface area (Å²) in [6, 6.07) is 14.8. The molecule has 2 aromatic rings. The molecule has 2 N–H and O–H groups in total. The summed E-state index contributed by atoms with van der Waals surface area (Å²) in [4.78, 5) is 25.4. The number of hydrogen-bond acceptors (Lipinski definition) is 4. The van der Waals surface area contributed by atoms with Crippen molar-refractivity contribution in [3.8, 4) is 0 Å². The SMILES string of the molecule is COCC(C)NC(=O)c1ccccc1SCC(=O)Nc1ccc(C)cc1. The zero-order valence-corrected chi connectivity index (χ0v) is 16.1. The lowest BCUT2D eigenvalue weighted by molar-refractivity contribution is -0.113. The number of carbonyl (C=O) groups is 2. The second kappa shape index (κ2) is 9.99. The largest absolute Gasteiger partial charge is 0.383 e. The second-order valence-corrected chi connectivity index (χ2v) is 7.05. The van der Waals surface area contributed by atoms with E-state index in [2.05, 4.69) is 10.6 Å². The first-order chi connectivity index (χ1) is 12.5. The van der Waals surface area contributed by atoms with E-state index in [4.69, 9.17) is 4.74 Å². The molecule has 0 saturated carbocycles. The first kappa shape index (κ1) is 20.0. The van der Waals surface area contributed by atoms with Gasteiger partial charge in [-0.15, -0.1) is 11.8 Å². The van der Waals surface area contributed by atoms with Crippen LogP contribution in [0.15, 0.2) is 53.4 Å². The van der Waals surface area contributed by atoms with Crippen molar-refractivity contribution in [2.24, 2.45) is 0 Å². The van der Waals surface area contributed by atoms with Gasteiger partial charge >= 0.3 is 0 Å². The van der Waals surface area contributed by atoms with Gasteiger partial charge in [-0.25, -0.2) is 0 Å². The molecular formula is C20H24N2O3S. The Hall–Kier alpha value is -2.31. The molecule has 0 spiro atoms. The van der Waals surface area contributed by atoms with Crippen LogP contribution in [0.3, 0.4) is 0 Å². The number of rotatable bonds is 8. The van der Waals surface area contributed by atoms with Gasteiger partial charge in [-0.2, -0.15) is 0 Å². The molecule has 1 atom stereocenters. The van der Waals surface area contributed by atoms with E-state index >= 15 is 0 Å². The van der Waals surface area contributed by atoms with Crippen LogP contribution in [0.25, 0.3) is 0 Å². The number of nitrogens with one attached hydrogen (secondary N) is 2. The number of ether oxygens (including phenoxy) is 1.